The lowest BCUT2D eigenvalue weighted by molar-refractivity contribution is 0.135. The van der Waals surface area contributed by atoms with Crippen molar-refractivity contribution < 1.29 is 4.74 Å². The van der Waals surface area contributed by atoms with E-state index in [1.807, 2.05) is 31.2 Å². The lowest BCUT2D eigenvalue weighted by atomic mass is 9.92. The Balaban J connectivity index is 1.90. The van der Waals surface area contributed by atoms with Gasteiger partial charge < -0.3 is 9.72 Å². The van der Waals surface area contributed by atoms with Gasteiger partial charge >= 0.3 is 4.87 Å². The van der Waals surface area contributed by atoms with Gasteiger partial charge in [0.15, 0.2) is 0 Å². The minimum absolute atomic E-state index is 0.00408. The van der Waals surface area contributed by atoms with Gasteiger partial charge in [0.05, 0.1) is 12.3 Å². The first-order valence-corrected chi connectivity index (χ1v) is 9.55. The van der Waals surface area contributed by atoms with Crippen LogP contribution in [0.3, 0.4) is 0 Å². The first kappa shape index (κ1) is 17.2. The summed E-state index contributed by atoms with van der Waals surface area (Å²) in [6, 6.07) is 7.94. The van der Waals surface area contributed by atoms with Crippen LogP contribution in [-0.2, 0) is 6.54 Å². The number of rotatable bonds is 5. The first-order chi connectivity index (χ1) is 11.6. The number of hydrogen-bond donors (Lipinski definition) is 1. The third kappa shape index (κ3) is 3.90. The van der Waals surface area contributed by atoms with Crippen LogP contribution >= 0.6 is 11.3 Å². The minimum atomic E-state index is 0.00408. The molecule has 4 nitrogen and oxygen atoms in total. The van der Waals surface area contributed by atoms with Gasteiger partial charge in [0, 0.05) is 30.1 Å². The van der Waals surface area contributed by atoms with E-state index in [9.17, 15) is 4.79 Å². The van der Waals surface area contributed by atoms with Crippen LogP contribution in [0.15, 0.2) is 29.1 Å². The van der Waals surface area contributed by atoms with Gasteiger partial charge in [0.25, 0.3) is 0 Å². The summed E-state index contributed by atoms with van der Waals surface area (Å²) in [6.45, 7) is 10.2. The number of nitrogens with one attached hydrogen (secondary N) is 1. The summed E-state index contributed by atoms with van der Waals surface area (Å²) >= 11 is 1.32. The molecular formula is C19H26N2O2S. The smallest absolute Gasteiger partial charge is 0.305 e. The lowest BCUT2D eigenvalue weighted by Crippen LogP contribution is -2.38. The fourth-order valence-electron chi connectivity index (χ4n) is 3.77. The van der Waals surface area contributed by atoms with E-state index in [1.165, 1.54) is 17.8 Å². The number of aromatic nitrogens is 1. The van der Waals surface area contributed by atoms with Crippen molar-refractivity contribution in [1.82, 2.24) is 9.88 Å². The molecule has 1 saturated heterocycles. The Hall–Kier alpha value is -1.59. The normalized spacial score (nSPS) is 21.8. The summed E-state index contributed by atoms with van der Waals surface area (Å²) in [5.74, 6) is 2.25. The number of ether oxygens (including phenoxy) is 1. The van der Waals surface area contributed by atoms with Gasteiger partial charge in [-0.3, -0.25) is 9.69 Å². The summed E-state index contributed by atoms with van der Waals surface area (Å²) in [5, 5.41) is 0. The SMILES string of the molecule is CCOc1ccccc1-c1[nH]c(=O)sc1CN1CC(C)CC(C)C1. The fraction of sp³-hybridized carbons (Fsp3) is 0.526. The topological polar surface area (TPSA) is 45.3 Å². The van der Waals surface area contributed by atoms with Crippen molar-refractivity contribution in [3.63, 3.8) is 0 Å². The molecule has 3 rings (SSSR count). The Kier molecular flexibility index (Phi) is 5.41. The van der Waals surface area contributed by atoms with Gasteiger partial charge in [-0.2, -0.15) is 0 Å². The van der Waals surface area contributed by atoms with Gasteiger partial charge in [0.2, 0.25) is 0 Å². The summed E-state index contributed by atoms with van der Waals surface area (Å²) in [4.78, 5) is 18.6. The largest absolute Gasteiger partial charge is 0.493 e. The summed E-state index contributed by atoms with van der Waals surface area (Å²) in [6.07, 6.45) is 1.29. The number of H-pyrrole nitrogens is 1. The molecule has 1 fully saturated rings. The maximum absolute atomic E-state index is 12.0. The zero-order valence-corrected chi connectivity index (χ0v) is 15.5. The molecule has 2 atom stereocenters. The lowest BCUT2D eigenvalue weighted by Gasteiger charge is -2.34. The molecule has 0 radical (unpaired) electrons. The van der Waals surface area contributed by atoms with Crippen molar-refractivity contribution in [2.45, 2.75) is 33.7 Å². The number of likely N-dealkylation sites (tertiary alicyclic amines) is 1. The van der Waals surface area contributed by atoms with Gasteiger partial charge in [-0.15, -0.1) is 0 Å². The predicted octanol–water partition coefficient (Wildman–Crippen LogP) is 3.98. The van der Waals surface area contributed by atoms with E-state index in [-0.39, 0.29) is 4.87 Å². The number of thiazole rings is 1. The molecule has 2 unspecified atom stereocenters. The van der Waals surface area contributed by atoms with E-state index in [2.05, 4.69) is 23.7 Å². The van der Waals surface area contributed by atoms with Crippen LogP contribution in [0, 0.1) is 11.8 Å². The molecule has 0 saturated carbocycles. The first-order valence-electron chi connectivity index (χ1n) is 8.73. The summed E-state index contributed by atoms with van der Waals surface area (Å²) < 4.78 is 5.75. The maximum Gasteiger partial charge on any atom is 0.305 e. The highest BCUT2D eigenvalue weighted by molar-refractivity contribution is 7.09. The molecule has 2 aromatic rings. The van der Waals surface area contributed by atoms with Crippen molar-refractivity contribution in [2.75, 3.05) is 19.7 Å². The molecule has 1 aliphatic rings. The Morgan fingerprint density at radius 3 is 2.67 bits per heavy atom. The van der Waals surface area contributed by atoms with Gasteiger partial charge in [0.1, 0.15) is 5.75 Å². The molecule has 0 amide bonds. The highest BCUT2D eigenvalue weighted by atomic mass is 32.1. The summed E-state index contributed by atoms with van der Waals surface area (Å²) in [7, 11) is 0. The second kappa shape index (κ2) is 7.53. The van der Waals surface area contributed by atoms with Crippen LogP contribution in [-0.4, -0.2) is 29.6 Å². The number of aromatic amines is 1. The molecular weight excluding hydrogens is 320 g/mol. The second-order valence-electron chi connectivity index (χ2n) is 6.88. The van der Waals surface area contributed by atoms with Crippen molar-refractivity contribution in [2.24, 2.45) is 11.8 Å². The summed E-state index contributed by atoms with van der Waals surface area (Å²) in [5.41, 5.74) is 1.89. The van der Waals surface area contributed by atoms with Crippen LogP contribution < -0.4 is 9.61 Å². The molecule has 1 aromatic heterocycles. The molecule has 24 heavy (non-hydrogen) atoms. The maximum atomic E-state index is 12.0. The third-order valence-corrected chi connectivity index (χ3v) is 5.36. The minimum Gasteiger partial charge on any atom is -0.493 e. The molecule has 0 bridgehead atoms. The van der Waals surface area contributed by atoms with Crippen molar-refractivity contribution >= 4 is 11.3 Å². The fourth-order valence-corrected chi connectivity index (χ4v) is 4.65. The number of piperidine rings is 1. The monoisotopic (exact) mass is 346 g/mol. The van der Waals surface area contributed by atoms with Gasteiger partial charge in [-0.1, -0.05) is 37.3 Å². The zero-order valence-electron chi connectivity index (χ0n) is 14.7. The Morgan fingerprint density at radius 1 is 1.25 bits per heavy atom. The quantitative estimate of drug-likeness (QED) is 0.891. The van der Waals surface area contributed by atoms with Crippen LogP contribution in [0.2, 0.25) is 0 Å². The molecule has 1 N–H and O–H groups in total. The van der Waals surface area contributed by atoms with Crippen LogP contribution in [0.5, 0.6) is 5.75 Å². The molecule has 5 heteroatoms. The molecule has 0 aliphatic carbocycles. The van der Waals surface area contributed by atoms with Crippen molar-refractivity contribution in [1.29, 1.82) is 0 Å². The highest BCUT2D eigenvalue weighted by Gasteiger charge is 2.24. The average molecular weight is 346 g/mol. The molecule has 130 valence electrons. The van der Waals surface area contributed by atoms with E-state index in [0.29, 0.717) is 18.4 Å². The highest BCUT2D eigenvalue weighted by Crippen LogP contribution is 2.33. The van der Waals surface area contributed by atoms with E-state index in [1.54, 1.807) is 0 Å². The van der Waals surface area contributed by atoms with E-state index >= 15 is 0 Å². The van der Waals surface area contributed by atoms with Gasteiger partial charge in [-0.05, 0) is 37.3 Å². The zero-order chi connectivity index (χ0) is 17.1. The Morgan fingerprint density at radius 2 is 1.96 bits per heavy atom. The average Bonchev–Trinajstić information content (AvgIpc) is 2.87. The number of hydrogen-bond acceptors (Lipinski definition) is 4. The van der Waals surface area contributed by atoms with Crippen LogP contribution in [0.4, 0.5) is 0 Å². The number of para-hydroxylation sites is 1. The van der Waals surface area contributed by atoms with Gasteiger partial charge in [-0.25, -0.2) is 0 Å². The predicted molar refractivity (Wildman–Crippen MR) is 99.8 cm³/mol. The number of benzene rings is 1. The van der Waals surface area contributed by atoms with E-state index in [4.69, 9.17) is 4.74 Å². The Labute approximate surface area is 147 Å². The molecule has 0 spiro atoms. The van der Waals surface area contributed by atoms with Crippen LogP contribution in [0.25, 0.3) is 11.3 Å². The molecule has 2 heterocycles. The molecule has 1 aliphatic heterocycles. The Bertz CT molecular complexity index is 727. The standard InChI is InChI=1S/C19H26N2O2S/c1-4-23-16-8-6-5-7-15(16)18-17(24-19(22)20-18)12-21-10-13(2)9-14(3)11-21/h5-8,13-14H,4,9-12H2,1-3H3,(H,20,22). The van der Waals surface area contributed by atoms with Crippen LogP contribution in [0.1, 0.15) is 32.1 Å². The van der Waals surface area contributed by atoms with E-state index in [0.717, 1.165) is 41.5 Å². The number of nitrogens with zero attached hydrogens (tertiary/aromatic N) is 1. The third-order valence-electron chi connectivity index (χ3n) is 4.49. The van der Waals surface area contributed by atoms with Crippen molar-refractivity contribution in [3.8, 4) is 17.0 Å². The second-order valence-corrected chi connectivity index (χ2v) is 7.95. The van der Waals surface area contributed by atoms with Crippen molar-refractivity contribution in [3.05, 3.63) is 38.8 Å². The van der Waals surface area contributed by atoms with E-state index < -0.39 is 0 Å². The molecule has 1 aromatic carbocycles.